The van der Waals surface area contributed by atoms with Gasteiger partial charge in [0.1, 0.15) is 11.0 Å². The molecule has 6 heteroatoms. The molecule has 1 unspecified atom stereocenters. The second-order valence-electron chi connectivity index (χ2n) is 5.28. The quantitative estimate of drug-likeness (QED) is 0.839. The van der Waals surface area contributed by atoms with E-state index in [1.807, 2.05) is 6.92 Å². The van der Waals surface area contributed by atoms with Crippen LogP contribution in [0.25, 0.3) is 0 Å². The van der Waals surface area contributed by atoms with Gasteiger partial charge in [0.05, 0.1) is 12.6 Å². The van der Waals surface area contributed by atoms with Crippen molar-refractivity contribution in [3.05, 3.63) is 22.8 Å². The Kier molecular flexibility index (Phi) is 5.82. The largest absolute Gasteiger partial charge is 0.394 e. The smallest absolute Gasteiger partial charge is 0.254 e. The topological polar surface area (TPSA) is 65.5 Å². The van der Waals surface area contributed by atoms with E-state index in [-0.39, 0.29) is 18.6 Å². The Morgan fingerprint density at radius 2 is 2.29 bits per heavy atom. The van der Waals surface area contributed by atoms with E-state index >= 15 is 0 Å². The molecule has 2 rings (SSSR count). The normalized spacial score (nSPS) is 19.2. The summed E-state index contributed by atoms with van der Waals surface area (Å²) in [6.07, 6.45) is 3.97. The Balaban J connectivity index is 2.24. The van der Waals surface area contributed by atoms with Crippen LogP contribution in [0.2, 0.25) is 5.15 Å². The first-order valence-electron chi connectivity index (χ1n) is 7.49. The van der Waals surface area contributed by atoms with Crippen molar-refractivity contribution in [3.63, 3.8) is 0 Å². The molecule has 0 radical (unpaired) electrons. The third-order valence-electron chi connectivity index (χ3n) is 3.75. The number of pyridine rings is 1. The fourth-order valence-electron chi connectivity index (χ4n) is 2.69. The van der Waals surface area contributed by atoms with E-state index in [1.54, 1.807) is 17.0 Å². The average Bonchev–Trinajstić information content (AvgIpc) is 2.71. The van der Waals surface area contributed by atoms with Gasteiger partial charge >= 0.3 is 0 Å². The number of anilines is 1. The van der Waals surface area contributed by atoms with Gasteiger partial charge < -0.3 is 15.3 Å². The number of aliphatic hydroxyl groups excluding tert-OH is 1. The van der Waals surface area contributed by atoms with Crippen LogP contribution in [0.15, 0.2) is 12.1 Å². The summed E-state index contributed by atoms with van der Waals surface area (Å²) in [6, 6.07) is 3.20. The molecule has 1 atom stereocenters. The number of hydrogen-bond acceptors (Lipinski definition) is 4. The van der Waals surface area contributed by atoms with Gasteiger partial charge in [-0.3, -0.25) is 4.79 Å². The molecule has 0 aliphatic carbocycles. The zero-order valence-electron chi connectivity index (χ0n) is 12.3. The lowest BCUT2D eigenvalue weighted by atomic mass is 10.1. The van der Waals surface area contributed by atoms with Crippen LogP contribution in [-0.2, 0) is 0 Å². The molecule has 1 saturated heterocycles. The third-order valence-corrected chi connectivity index (χ3v) is 3.94. The molecule has 1 aromatic rings. The summed E-state index contributed by atoms with van der Waals surface area (Å²) in [7, 11) is 0. The van der Waals surface area contributed by atoms with E-state index in [1.165, 1.54) is 0 Å². The van der Waals surface area contributed by atoms with Crippen molar-refractivity contribution in [1.29, 1.82) is 0 Å². The molecule has 21 heavy (non-hydrogen) atoms. The highest BCUT2D eigenvalue weighted by Crippen LogP contribution is 2.21. The highest BCUT2D eigenvalue weighted by molar-refractivity contribution is 6.29. The van der Waals surface area contributed by atoms with Crippen LogP contribution >= 0.6 is 11.6 Å². The van der Waals surface area contributed by atoms with Crippen molar-refractivity contribution in [3.8, 4) is 0 Å². The minimum Gasteiger partial charge on any atom is -0.394 e. The van der Waals surface area contributed by atoms with E-state index in [4.69, 9.17) is 11.6 Å². The molecule has 1 aliphatic rings. The number of rotatable bonds is 4. The minimum absolute atomic E-state index is 0.00459. The first-order chi connectivity index (χ1) is 10.2. The second-order valence-corrected chi connectivity index (χ2v) is 5.67. The molecular weight excluding hydrogens is 290 g/mol. The van der Waals surface area contributed by atoms with Crippen LogP contribution in [-0.4, -0.2) is 46.6 Å². The van der Waals surface area contributed by atoms with Crippen molar-refractivity contribution in [1.82, 2.24) is 9.88 Å². The molecular formula is C15H22ClN3O2. The van der Waals surface area contributed by atoms with E-state index < -0.39 is 0 Å². The maximum Gasteiger partial charge on any atom is 0.254 e. The lowest BCUT2D eigenvalue weighted by molar-refractivity contribution is 0.0600. The van der Waals surface area contributed by atoms with Crippen LogP contribution in [0.4, 0.5) is 5.82 Å². The molecule has 0 saturated carbocycles. The second kappa shape index (κ2) is 7.61. The van der Waals surface area contributed by atoms with Crippen LogP contribution in [0.3, 0.4) is 0 Å². The molecule has 1 aliphatic heterocycles. The van der Waals surface area contributed by atoms with E-state index in [0.29, 0.717) is 29.6 Å². The maximum absolute atomic E-state index is 12.7. The van der Waals surface area contributed by atoms with E-state index in [9.17, 15) is 9.90 Å². The molecule has 2 N–H and O–H groups in total. The standard InChI is InChI=1S/C15H22ClN3O2/c1-2-17-14-9-11(8-13(16)18-14)15(21)19-7-5-3-4-6-12(19)10-20/h8-9,12,20H,2-7,10H2,1H3,(H,17,18). The number of amides is 1. The molecule has 0 aromatic carbocycles. The van der Waals surface area contributed by atoms with Crippen LogP contribution in [0.1, 0.15) is 43.0 Å². The fraction of sp³-hybridized carbons (Fsp3) is 0.600. The summed E-state index contributed by atoms with van der Waals surface area (Å²) in [4.78, 5) is 18.6. The highest BCUT2D eigenvalue weighted by Gasteiger charge is 2.26. The molecule has 5 nitrogen and oxygen atoms in total. The predicted octanol–water partition coefficient (Wildman–Crippen LogP) is 2.54. The fourth-order valence-corrected chi connectivity index (χ4v) is 2.90. The number of aromatic nitrogens is 1. The Labute approximate surface area is 130 Å². The van der Waals surface area contributed by atoms with Crippen molar-refractivity contribution < 1.29 is 9.90 Å². The van der Waals surface area contributed by atoms with Gasteiger partial charge in [0.2, 0.25) is 0 Å². The van der Waals surface area contributed by atoms with Gasteiger partial charge in [-0.15, -0.1) is 0 Å². The van der Waals surface area contributed by atoms with Crippen LogP contribution < -0.4 is 5.32 Å². The molecule has 1 amide bonds. The lowest BCUT2D eigenvalue weighted by Gasteiger charge is -2.28. The number of carbonyl (C=O) groups excluding carboxylic acids is 1. The van der Waals surface area contributed by atoms with Crippen LogP contribution in [0, 0.1) is 0 Å². The maximum atomic E-state index is 12.7. The van der Waals surface area contributed by atoms with Gasteiger partial charge in [0.25, 0.3) is 5.91 Å². The van der Waals surface area contributed by atoms with E-state index in [0.717, 1.165) is 25.7 Å². The Morgan fingerprint density at radius 3 is 3.00 bits per heavy atom. The Morgan fingerprint density at radius 1 is 1.48 bits per heavy atom. The predicted molar refractivity (Wildman–Crippen MR) is 83.8 cm³/mol. The summed E-state index contributed by atoms with van der Waals surface area (Å²) in [5.41, 5.74) is 0.520. The summed E-state index contributed by atoms with van der Waals surface area (Å²) in [6.45, 7) is 3.36. The van der Waals surface area contributed by atoms with Gasteiger partial charge in [-0.2, -0.15) is 0 Å². The van der Waals surface area contributed by atoms with Crippen molar-refractivity contribution in [2.45, 2.75) is 38.6 Å². The number of nitrogens with zero attached hydrogens (tertiary/aromatic N) is 2. The number of likely N-dealkylation sites (tertiary alicyclic amines) is 1. The van der Waals surface area contributed by atoms with Gasteiger partial charge in [-0.25, -0.2) is 4.98 Å². The first kappa shape index (κ1) is 16.0. The number of hydrogen-bond donors (Lipinski definition) is 2. The summed E-state index contributed by atoms with van der Waals surface area (Å²) >= 11 is 6.00. The molecule has 116 valence electrons. The van der Waals surface area contributed by atoms with Crippen molar-refractivity contribution in [2.75, 3.05) is 25.0 Å². The van der Waals surface area contributed by atoms with Gasteiger partial charge in [0.15, 0.2) is 0 Å². The molecule has 0 spiro atoms. The van der Waals surface area contributed by atoms with Gasteiger partial charge in [-0.05, 0) is 31.9 Å². The monoisotopic (exact) mass is 311 g/mol. The summed E-state index contributed by atoms with van der Waals surface area (Å²) < 4.78 is 0. The Hall–Kier alpha value is -1.33. The zero-order valence-corrected chi connectivity index (χ0v) is 13.1. The van der Waals surface area contributed by atoms with Gasteiger partial charge in [0, 0.05) is 18.7 Å². The van der Waals surface area contributed by atoms with Crippen molar-refractivity contribution >= 4 is 23.3 Å². The van der Waals surface area contributed by atoms with E-state index in [2.05, 4.69) is 10.3 Å². The first-order valence-corrected chi connectivity index (χ1v) is 7.86. The number of carbonyl (C=O) groups is 1. The number of nitrogens with one attached hydrogen (secondary N) is 1. The molecule has 1 aromatic heterocycles. The zero-order chi connectivity index (χ0) is 15.2. The summed E-state index contributed by atoms with van der Waals surface area (Å²) in [5, 5.41) is 12.9. The highest BCUT2D eigenvalue weighted by atomic mass is 35.5. The molecule has 1 fully saturated rings. The molecule has 2 heterocycles. The number of aliphatic hydroxyl groups is 1. The average molecular weight is 312 g/mol. The lowest BCUT2D eigenvalue weighted by Crippen LogP contribution is -2.42. The molecule has 0 bridgehead atoms. The SMILES string of the molecule is CCNc1cc(C(=O)N2CCCCCC2CO)cc(Cl)n1. The van der Waals surface area contributed by atoms with Gasteiger partial charge in [-0.1, -0.05) is 24.4 Å². The van der Waals surface area contributed by atoms with Crippen molar-refractivity contribution in [2.24, 2.45) is 0 Å². The third kappa shape index (κ3) is 4.08. The summed E-state index contributed by atoms with van der Waals surface area (Å²) in [5.74, 6) is 0.517. The minimum atomic E-state index is -0.102. The number of halogens is 1. The van der Waals surface area contributed by atoms with Crippen LogP contribution in [0.5, 0.6) is 0 Å². The Bertz CT molecular complexity index is 496.